The minimum Gasteiger partial charge on any atom is -0.386 e. The molecule has 0 heterocycles. The number of nitrogens with one attached hydrogen (secondary N) is 1. The van der Waals surface area contributed by atoms with Crippen LogP contribution < -0.4 is 5.32 Å². The van der Waals surface area contributed by atoms with Crippen LogP contribution in [-0.2, 0) is 6.54 Å². The van der Waals surface area contributed by atoms with Gasteiger partial charge in [-0.15, -0.1) is 0 Å². The van der Waals surface area contributed by atoms with Crippen molar-refractivity contribution in [3.63, 3.8) is 0 Å². The Morgan fingerprint density at radius 1 is 1.00 bits per heavy atom. The summed E-state index contributed by atoms with van der Waals surface area (Å²) >= 11 is 0. The Balaban J connectivity index is 1.99. The standard InChI is InChI=1S/C16H16N2O/c17-11-15(16(19)14-9-5-2-6-10-14)18-12-13-7-3-1-4-8-13/h1-10,15-16,18-19H,12H2. The number of aliphatic hydroxyl groups is 1. The van der Waals surface area contributed by atoms with Gasteiger partial charge >= 0.3 is 0 Å². The molecule has 96 valence electrons. The van der Waals surface area contributed by atoms with Crippen LogP contribution in [0.2, 0.25) is 0 Å². The zero-order valence-electron chi connectivity index (χ0n) is 10.5. The summed E-state index contributed by atoms with van der Waals surface area (Å²) in [5, 5.41) is 22.4. The maximum atomic E-state index is 10.2. The first-order chi connectivity index (χ1) is 9.31. The lowest BCUT2D eigenvalue weighted by Crippen LogP contribution is -2.33. The SMILES string of the molecule is N#CC(NCc1ccccc1)C(O)c1ccccc1. The van der Waals surface area contributed by atoms with Gasteiger partial charge in [0.15, 0.2) is 0 Å². The number of nitrogens with zero attached hydrogens (tertiary/aromatic N) is 1. The van der Waals surface area contributed by atoms with Gasteiger partial charge in [0.05, 0.1) is 6.07 Å². The molecule has 0 aliphatic rings. The Morgan fingerprint density at radius 2 is 1.58 bits per heavy atom. The summed E-state index contributed by atoms with van der Waals surface area (Å²) < 4.78 is 0. The van der Waals surface area contributed by atoms with E-state index >= 15 is 0 Å². The van der Waals surface area contributed by atoms with Crippen LogP contribution in [-0.4, -0.2) is 11.1 Å². The lowest BCUT2D eigenvalue weighted by molar-refractivity contribution is 0.149. The van der Waals surface area contributed by atoms with Gasteiger partial charge in [0.25, 0.3) is 0 Å². The van der Waals surface area contributed by atoms with Gasteiger partial charge in [0.1, 0.15) is 12.1 Å². The van der Waals surface area contributed by atoms with Crippen LogP contribution in [0.5, 0.6) is 0 Å². The molecule has 0 radical (unpaired) electrons. The van der Waals surface area contributed by atoms with E-state index in [4.69, 9.17) is 5.26 Å². The molecule has 19 heavy (non-hydrogen) atoms. The predicted octanol–water partition coefficient (Wildman–Crippen LogP) is 2.40. The van der Waals surface area contributed by atoms with Gasteiger partial charge in [-0.05, 0) is 11.1 Å². The predicted molar refractivity (Wildman–Crippen MR) is 74.1 cm³/mol. The van der Waals surface area contributed by atoms with E-state index in [1.54, 1.807) is 0 Å². The first-order valence-corrected chi connectivity index (χ1v) is 6.21. The van der Waals surface area contributed by atoms with Crippen LogP contribution in [0.4, 0.5) is 0 Å². The van der Waals surface area contributed by atoms with Gasteiger partial charge in [-0.25, -0.2) is 0 Å². The first-order valence-electron chi connectivity index (χ1n) is 6.21. The van der Waals surface area contributed by atoms with Crippen LogP contribution in [0.15, 0.2) is 60.7 Å². The summed E-state index contributed by atoms with van der Waals surface area (Å²) in [7, 11) is 0. The fourth-order valence-electron chi connectivity index (χ4n) is 1.89. The summed E-state index contributed by atoms with van der Waals surface area (Å²) in [5.41, 5.74) is 1.83. The lowest BCUT2D eigenvalue weighted by atomic mass is 10.0. The monoisotopic (exact) mass is 252 g/mol. The Bertz CT molecular complexity index is 534. The van der Waals surface area contributed by atoms with Crippen molar-refractivity contribution >= 4 is 0 Å². The fourth-order valence-corrected chi connectivity index (χ4v) is 1.89. The third kappa shape index (κ3) is 3.65. The molecule has 3 nitrogen and oxygen atoms in total. The van der Waals surface area contributed by atoms with Crippen molar-refractivity contribution in [2.45, 2.75) is 18.7 Å². The van der Waals surface area contributed by atoms with Gasteiger partial charge < -0.3 is 5.11 Å². The average Bonchev–Trinajstić information content (AvgIpc) is 2.49. The zero-order valence-corrected chi connectivity index (χ0v) is 10.5. The highest BCUT2D eigenvalue weighted by atomic mass is 16.3. The van der Waals surface area contributed by atoms with E-state index in [9.17, 15) is 5.11 Å². The average molecular weight is 252 g/mol. The molecule has 2 atom stereocenters. The number of benzene rings is 2. The highest BCUT2D eigenvalue weighted by Crippen LogP contribution is 2.16. The molecule has 0 saturated heterocycles. The number of nitriles is 1. The first kappa shape index (κ1) is 13.3. The van der Waals surface area contributed by atoms with E-state index in [0.29, 0.717) is 6.54 Å². The highest BCUT2D eigenvalue weighted by Gasteiger charge is 2.19. The summed E-state index contributed by atoms with van der Waals surface area (Å²) in [4.78, 5) is 0. The molecule has 0 fully saturated rings. The molecule has 0 spiro atoms. The van der Waals surface area contributed by atoms with E-state index in [1.807, 2.05) is 60.7 Å². The van der Waals surface area contributed by atoms with Crippen molar-refractivity contribution in [3.05, 3.63) is 71.8 Å². The topological polar surface area (TPSA) is 56.0 Å². The number of hydrogen-bond donors (Lipinski definition) is 2. The summed E-state index contributed by atoms with van der Waals surface area (Å²) in [6, 6.07) is 20.5. The fraction of sp³-hybridized carbons (Fsp3) is 0.188. The van der Waals surface area contributed by atoms with Crippen LogP contribution in [0.25, 0.3) is 0 Å². The normalized spacial score (nSPS) is 13.5. The van der Waals surface area contributed by atoms with Gasteiger partial charge in [0, 0.05) is 6.54 Å². The molecule has 0 amide bonds. The number of aliphatic hydroxyl groups excluding tert-OH is 1. The quantitative estimate of drug-likeness (QED) is 0.859. The van der Waals surface area contributed by atoms with Gasteiger partial charge in [-0.2, -0.15) is 5.26 Å². The zero-order chi connectivity index (χ0) is 13.5. The van der Waals surface area contributed by atoms with E-state index < -0.39 is 12.1 Å². The maximum absolute atomic E-state index is 10.2. The second kappa shape index (κ2) is 6.69. The maximum Gasteiger partial charge on any atom is 0.126 e. The molecular formula is C16H16N2O. The third-order valence-electron chi connectivity index (χ3n) is 2.96. The Morgan fingerprint density at radius 3 is 2.16 bits per heavy atom. The minimum atomic E-state index is -0.824. The second-order valence-corrected chi connectivity index (χ2v) is 4.33. The summed E-state index contributed by atoms with van der Waals surface area (Å²) in [5.74, 6) is 0. The summed E-state index contributed by atoms with van der Waals surface area (Å²) in [6.07, 6.45) is -0.824. The van der Waals surface area contributed by atoms with E-state index in [1.165, 1.54) is 0 Å². The number of rotatable bonds is 5. The van der Waals surface area contributed by atoms with Crippen molar-refractivity contribution in [1.29, 1.82) is 5.26 Å². The van der Waals surface area contributed by atoms with Gasteiger partial charge in [0.2, 0.25) is 0 Å². The van der Waals surface area contributed by atoms with Crippen molar-refractivity contribution in [2.75, 3.05) is 0 Å². The van der Waals surface area contributed by atoms with Crippen molar-refractivity contribution < 1.29 is 5.11 Å². The van der Waals surface area contributed by atoms with Crippen LogP contribution in [0, 0.1) is 11.3 Å². The molecule has 2 unspecified atom stereocenters. The molecule has 0 saturated carbocycles. The lowest BCUT2D eigenvalue weighted by Gasteiger charge is -2.18. The van der Waals surface area contributed by atoms with Gasteiger partial charge in [-0.1, -0.05) is 60.7 Å². The summed E-state index contributed by atoms with van der Waals surface area (Å²) in [6.45, 7) is 0.558. The second-order valence-electron chi connectivity index (χ2n) is 4.33. The third-order valence-corrected chi connectivity index (χ3v) is 2.96. The van der Waals surface area contributed by atoms with Gasteiger partial charge in [-0.3, -0.25) is 5.32 Å². The molecule has 0 bridgehead atoms. The van der Waals surface area contributed by atoms with Crippen molar-refractivity contribution in [2.24, 2.45) is 0 Å². The van der Waals surface area contributed by atoms with Crippen LogP contribution in [0.3, 0.4) is 0 Å². The minimum absolute atomic E-state index is 0.558. The molecular weight excluding hydrogens is 236 g/mol. The molecule has 2 aromatic rings. The smallest absolute Gasteiger partial charge is 0.126 e. The molecule has 2 aromatic carbocycles. The Hall–Kier alpha value is -2.15. The van der Waals surface area contributed by atoms with E-state index in [0.717, 1.165) is 11.1 Å². The van der Waals surface area contributed by atoms with Crippen LogP contribution >= 0.6 is 0 Å². The Labute approximate surface area is 113 Å². The van der Waals surface area contributed by atoms with Crippen molar-refractivity contribution in [3.8, 4) is 6.07 Å². The molecule has 0 aliphatic heterocycles. The van der Waals surface area contributed by atoms with E-state index in [-0.39, 0.29) is 0 Å². The molecule has 2 N–H and O–H groups in total. The number of hydrogen-bond acceptors (Lipinski definition) is 3. The largest absolute Gasteiger partial charge is 0.386 e. The molecule has 0 aromatic heterocycles. The van der Waals surface area contributed by atoms with Crippen LogP contribution in [0.1, 0.15) is 17.2 Å². The van der Waals surface area contributed by atoms with E-state index in [2.05, 4.69) is 11.4 Å². The molecule has 2 rings (SSSR count). The molecule has 3 heteroatoms. The highest BCUT2D eigenvalue weighted by molar-refractivity contribution is 5.22. The molecule has 0 aliphatic carbocycles. The van der Waals surface area contributed by atoms with Crippen molar-refractivity contribution in [1.82, 2.24) is 5.32 Å². The Kier molecular flexibility index (Phi) is 4.68.